The van der Waals surface area contributed by atoms with E-state index >= 15 is 0 Å². The van der Waals surface area contributed by atoms with Gasteiger partial charge in [0, 0.05) is 5.56 Å². The Balaban J connectivity index is 1.93. The van der Waals surface area contributed by atoms with E-state index in [2.05, 4.69) is 6.92 Å². The molecule has 0 spiro atoms. The zero-order chi connectivity index (χ0) is 14.2. The van der Waals surface area contributed by atoms with Crippen molar-refractivity contribution in [1.82, 2.24) is 0 Å². The van der Waals surface area contributed by atoms with Gasteiger partial charge in [-0.15, -0.1) is 0 Å². The van der Waals surface area contributed by atoms with Crippen LogP contribution in [-0.4, -0.2) is 12.9 Å². The van der Waals surface area contributed by atoms with Gasteiger partial charge in [0.25, 0.3) is 0 Å². The normalized spacial score (nSPS) is 10.1. The average molecular weight is 269 g/mol. The SMILES string of the molecule is CCCCOc1ccc(Oc2ccc([C]=O)cc2)cc1. The van der Waals surface area contributed by atoms with Gasteiger partial charge in [0.05, 0.1) is 6.61 Å². The van der Waals surface area contributed by atoms with Gasteiger partial charge in [-0.25, -0.2) is 0 Å². The Hall–Kier alpha value is -2.29. The molecule has 20 heavy (non-hydrogen) atoms. The van der Waals surface area contributed by atoms with Crippen molar-refractivity contribution >= 4 is 6.29 Å². The lowest BCUT2D eigenvalue weighted by atomic mass is 10.2. The maximum absolute atomic E-state index is 10.4. The van der Waals surface area contributed by atoms with Crippen LogP contribution in [0.3, 0.4) is 0 Å². The lowest BCUT2D eigenvalue weighted by Gasteiger charge is -2.08. The average Bonchev–Trinajstić information content (AvgIpc) is 2.50. The fourth-order valence-electron chi connectivity index (χ4n) is 1.67. The van der Waals surface area contributed by atoms with Gasteiger partial charge in [-0.05, 0) is 55.0 Å². The molecule has 0 heterocycles. The summed E-state index contributed by atoms with van der Waals surface area (Å²) in [6.45, 7) is 2.87. The van der Waals surface area contributed by atoms with Crippen LogP contribution in [0.25, 0.3) is 0 Å². The number of unbranched alkanes of at least 4 members (excludes halogenated alkanes) is 1. The monoisotopic (exact) mass is 269 g/mol. The third-order valence-electron chi connectivity index (χ3n) is 2.80. The molecule has 0 saturated heterocycles. The minimum Gasteiger partial charge on any atom is -0.494 e. The molecule has 0 fully saturated rings. The van der Waals surface area contributed by atoms with Crippen LogP contribution in [-0.2, 0) is 4.79 Å². The zero-order valence-corrected chi connectivity index (χ0v) is 11.5. The van der Waals surface area contributed by atoms with Crippen LogP contribution in [0, 0.1) is 0 Å². The van der Waals surface area contributed by atoms with Crippen LogP contribution in [0.4, 0.5) is 0 Å². The summed E-state index contributed by atoms with van der Waals surface area (Å²) < 4.78 is 11.3. The molecule has 103 valence electrons. The van der Waals surface area contributed by atoms with E-state index in [-0.39, 0.29) is 0 Å². The maximum Gasteiger partial charge on any atom is 0.233 e. The highest BCUT2D eigenvalue weighted by Gasteiger charge is 1.99. The molecule has 3 nitrogen and oxygen atoms in total. The second-order valence-corrected chi connectivity index (χ2v) is 4.40. The number of hydrogen-bond acceptors (Lipinski definition) is 3. The Morgan fingerprint density at radius 2 is 1.45 bits per heavy atom. The fourth-order valence-corrected chi connectivity index (χ4v) is 1.67. The van der Waals surface area contributed by atoms with Crippen molar-refractivity contribution in [1.29, 1.82) is 0 Å². The molecule has 0 N–H and O–H groups in total. The topological polar surface area (TPSA) is 35.5 Å². The quantitative estimate of drug-likeness (QED) is 0.709. The number of ether oxygens (including phenoxy) is 2. The summed E-state index contributed by atoms with van der Waals surface area (Å²) in [5.41, 5.74) is 0.511. The Kier molecular flexibility index (Phi) is 5.18. The number of rotatable bonds is 7. The van der Waals surface area contributed by atoms with Crippen LogP contribution in [0.15, 0.2) is 48.5 Å². The zero-order valence-electron chi connectivity index (χ0n) is 11.5. The molecule has 0 amide bonds. The first kappa shape index (κ1) is 14.1. The summed E-state index contributed by atoms with van der Waals surface area (Å²) in [5, 5.41) is 0. The molecule has 0 saturated carbocycles. The smallest absolute Gasteiger partial charge is 0.233 e. The Labute approximate surface area is 119 Å². The highest BCUT2D eigenvalue weighted by molar-refractivity contribution is 5.75. The molecular weight excluding hydrogens is 252 g/mol. The summed E-state index contributed by atoms with van der Waals surface area (Å²) in [5.74, 6) is 2.26. The lowest BCUT2D eigenvalue weighted by molar-refractivity contribution is 0.309. The van der Waals surface area contributed by atoms with Gasteiger partial charge in [-0.2, -0.15) is 0 Å². The van der Waals surface area contributed by atoms with E-state index in [1.807, 2.05) is 30.6 Å². The molecule has 0 aromatic heterocycles. The largest absolute Gasteiger partial charge is 0.494 e. The number of carbonyl (C=O) groups excluding carboxylic acids is 1. The molecule has 1 radical (unpaired) electrons. The molecule has 0 unspecified atom stereocenters. The third-order valence-corrected chi connectivity index (χ3v) is 2.80. The van der Waals surface area contributed by atoms with Crippen molar-refractivity contribution < 1.29 is 14.3 Å². The standard InChI is InChI=1S/C17H17O3/c1-2-3-12-19-15-8-10-17(11-9-15)20-16-6-4-14(13-18)5-7-16/h4-11H,2-3,12H2,1H3. The molecule has 0 aliphatic carbocycles. The summed E-state index contributed by atoms with van der Waals surface area (Å²) in [7, 11) is 0. The number of hydrogen-bond donors (Lipinski definition) is 0. The highest BCUT2D eigenvalue weighted by Crippen LogP contribution is 2.24. The van der Waals surface area contributed by atoms with Crippen molar-refractivity contribution in [3.63, 3.8) is 0 Å². The summed E-state index contributed by atoms with van der Waals surface area (Å²) in [6, 6.07) is 14.3. The molecular formula is C17H17O3. The van der Waals surface area contributed by atoms with E-state index < -0.39 is 0 Å². The van der Waals surface area contributed by atoms with Crippen molar-refractivity contribution in [2.75, 3.05) is 6.61 Å². The van der Waals surface area contributed by atoms with Gasteiger partial charge in [0.1, 0.15) is 17.2 Å². The van der Waals surface area contributed by atoms with Crippen molar-refractivity contribution in [3.05, 3.63) is 54.1 Å². The summed E-state index contributed by atoms with van der Waals surface area (Å²) in [6.07, 6.45) is 4.00. The predicted octanol–water partition coefficient (Wildman–Crippen LogP) is 4.12. The van der Waals surface area contributed by atoms with Crippen LogP contribution >= 0.6 is 0 Å². The van der Waals surface area contributed by atoms with Gasteiger partial charge in [-0.1, -0.05) is 13.3 Å². The van der Waals surface area contributed by atoms with Gasteiger partial charge in [0.15, 0.2) is 0 Å². The first-order valence-corrected chi connectivity index (χ1v) is 6.71. The van der Waals surface area contributed by atoms with Gasteiger partial charge >= 0.3 is 0 Å². The lowest BCUT2D eigenvalue weighted by Crippen LogP contribution is -1.96. The molecule has 2 rings (SSSR count). The van der Waals surface area contributed by atoms with Crippen LogP contribution in [0.5, 0.6) is 17.2 Å². The van der Waals surface area contributed by atoms with E-state index in [1.54, 1.807) is 24.3 Å². The van der Waals surface area contributed by atoms with E-state index in [0.29, 0.717) is 11.3 Å². The minimum absolute atomic E-state index is 0.511. The Bertz CT molecular complexity index is 529. The second-order valence-electron chi connectivity index (χ2n) is 4.40. The van der Waals surface area contributed by atoms with E-state index in [4.69, 9.17) is 9.47 Å². The first-order valence-electron chi connectivity index (χ1n) is 6.71. The van der Waals surface area contributed by atoms with Crippen LogP contribution in [0.2, 0.25) is 0 Å². The van der Waals surface area contributed by atoms with Gasteiger partial charge in [0.2, 0.25) is 6.29 Å². The second kappa shape index (κ2) is 7.34. The van der Waals surface area contributed by atoms with Crippen LogP contribution < -0.4 is 9.47 Å². The minimum atomic E-state index is 0.511. The highest BCUT2D eigenvalue weighted by atomic mass is 16.5. The van der Waals surface area contributed by atoms with Gasteiger partial charge in [-0.3, -0.25) is 4.79 Å². The van der Waals surface area contributed by atoms with Crippen LogP contribution in [0.1, 0.15) is 25.3 Å². The van der Waals surface area contributed by atoms with Crippen molar-refractivity contribution in [2.24, 2.45) is 0 Å². The Morgan fingerprint density at radius 3 is 2.00 bits per heavy atom. The van der Waals surface area contributed by atoms with Crippen molar-refractivity contribution in [2.45, 2.75) is 19.8 Å². The van der Waals surface area contributed by atoms with Crippen molar-refractivity contribution in [3.8, 4) is 17.2 Å². The summed E-state index contributed by atoms with van der Waals surface area (Å²) in [4.78, 5) is 10.4. The molecule has 0 bridgehead atoms. The predicted molar refractivity (Wildman–Crippen MR) is 78.2 cm³/mol. The first-order chi connectivity index (χ1) is 9.81. The fraction of sp³-hybridized carbons (Fsp3) is 0.235. The van der Waals surface area contributed by atoms with E-state index in [1.165, 1.54) is 0 Å². The molecule has 0 aliphatic heterocycles. The molecule has 0 atom stereocenters. The molecule has 3 heteroatoms. The molecule has 2 aromatic carbocycles. The number of benzene rings is 2. The van der Waals surface area contributed by atoms with E-state index in [0.717, 1.165) is 30.9 Å². The maximum atomic E-state index is 10.4. The summed E-state index contributed by atoms with van der Waals surface area (Å²) >= 11 is 0. The molecule has 0 aliphatic rings. The van der Waals surface area contributed by atoms with E-state index in [9.17, 15) is 4.79 Å². The Morgan fingerprint density at radius 1 is 0.900 bits per heavy atom. The third kappa shape index (κ3) is 4.12. The van der Waals surface area contributed by atoms with Gasteiger partial charge < -0.3 is 9.47 Å². The molecule has 2 aromatic rings.